The van der Waals surface area contributed by atoms with Crippen LogP contribution in [-0.2, 0) is 19.1 Å². The molecule has 4 aliphatic carbocycles. The maximum Gasteiger partial charge on any atom is 0.306 e. The van der Waals surface area contributed by atoms with E-state index in [-0.39, 0.29) is 47.3 Å². The molecule has 5 atom stereocenters. The van der Waals surface area contributed by atoms with Crippen molar-refractivity contribution in [3.63, 3.8) is 0 Å². The van der Waals surface area contributed by atoms with Crippen LogP contribution in [0.4, 0.5) is 0 Å². The maximum atomic E-state index is 13.0. The molecule has 0 spiro atoms. The Hall–Kier alpha value is -2.01. The van der Waals surface area contributed by atoms with Crippen LogP contribution in [0.15, 0.2) is 35.5 Å². The average molecular weight is 412 g/mol. The summed E-state index contributed by atoms with van der Waals surface area (Å²) < 4.78 is 5.24. The SMILES string of the molecule is CC12C=CC(=O)C=C1CCC1C2=CCC2(C)C(C(=O)COC(=O)CCCN)CCC12. The molecule has 0 aromatic carbocycles. The molecule has 2 fully saturated rings. The second kappa shape index (κ2) is 7.92. The third-order valence-corrected chi connectivity index (χ3v) is 8.29. The lowest BCUT2D eigenvalue weighted by molar-refractivity contribution is -0.150. The molecule has 5 nitrogen and oxygen atoms in total. The maximum absolute atomic E-state index is 13.0. The Kier molecular flexibility index (Phi) is 5.60. The Morgan fingerprint density at radius 3 is 2.80 bits per heavy atom. The number of fused-ring (bicyclic) bond motifs is 5. The summed E-state index contributed by atoms with van der Waals surface area (Å²) in [6, 6.07) is 0. The van der Waals surface area contributed by atoms with Crippen LogP contribution in [0.1, 0.15) is 58.8 Å². The molecule has 0 heterocycles. The van der Waals surface area contributed by atoms with Crippen LogP contribution in [-0.4, -0.2) is 30.7 Å². The van der Waals surface area contributed by atoms with Crippen molar-refractivity contribution in [3.8, 4) is 0 Å². The van der Waals surface area contributed by atoms with Gasteiger partial charge in [0.25, 0.3) is 0 Å². The van der Waals surface area contributed by atoms with Crippen LogP contribution in [0.2, 0.25) is 0 Å². The minimum Gasteiger partial charge on any atom is -0.458 e. The van der Waals surface area contributed by atoms with Crippen molar-refractivity contribution in [2.24, 2.45) is 34.3 Å². The van der Waals surface area contributed by atoms with Crippen LogP contribution in [0.5, 0.6) is 0 Å². The third kappa shape index (κ3) is 3.41. The number of hydrogen-bond donors (Lipinski definition) is 1. The van der Waals surface area contributed by atoms with Gasteiger partial charge in [-0.1, -0.05) is 30.2 Å². The van der Waals surface area contributed by atoms with Crippen molar-refractivity contribution < 1.29 is 19.1 Å². The molecular weight excluding hydrogens is 378 g/mol. The van der Waals surface area contributed by atoms with Gasteiger partial charge in [0.1, 0.15) is 6.61 Å². The van der Waals surface area contributed by atoms with Crippen LogP contribution in [0, 0.1) is 28.6 Å². The molecule has 0 radical (unpaired) electrons. The predicted molar refractivity (Wildman–Crippen MR) is 114 cm³/mol. The second-order valence-corrected chi connectivity index (χ2v) is 9.88. The minimum atomic E-state index is -0.336. The van der Waals surface area contributed by atoms with Crippen molar-refractivity contribution in [2.45, 2.75) is 58.8 Å². The van der Waals surface area contributed by atoms with E-state index in [0.29, 0.717) is 24.8 Å². The summed E-state index contributed by atoms with van der Waals surface area (Å²) in [6.45, 7) is 4.82. The van der Waals surface area contributed by atoms with Crippen molar-refractivity contribution in [1.29, 1.82) is 0 Å². The van der Waals surface area contributed by atoms with Crippen LogP contribution in [0.3, 0.4) is 0 Å². The van der Waals surface area contributed by atoms with Crippen molar-refractivity contribution in [3.05, 3.63) is 35.5 Å². The number of carbonyl (C=O) groups is 3. The van der Waals surface area contributed by atoms with E-state index in [1.807, 2.05) is 6.08 Å². The van der Waals surface area contributed by atoms with Crippen LogP contribution >= 0.6 is 0 Å². The summed E-state index contributed by atoms with van der Waals surface area (Å²) in [4.78, 5) is 36.7. The molecule has 0 amide bonds. The average Bonchev–Trinajstić information content (AvgIpc) is 3.08. The number of nitrogens with two attached hydrogens (primary N) is 1. The van der Waals surface area contributed by atoms with Gasteiger partial charge in [0, 0.05) is 17.8 Å². The lowest BCUT2D eigenvalue weighted by atomic mass is 9.52. The first-order valence-corrected chi connectivity index (χ1v) is 11.3. The highest BCUT2D eigenvalue weighted by molar-refractivity contribution is 6.01. The van der Waals surface area contributed by atoms with E-state index in [1.165, 1.54) is 11.1 Å². The van der Waals surface area contributed by atoms with Gasteiger partial charge in [-0.3, -0.25) is 14.4 Å². The molecule has 0 aromatic rings. The quantitative estimate of drug-likeness (QED) is 0.532. The monoisotopic (exact) mass is 411 g/mol. The Bertz CT molecular complexity index is 853. The summed E-state index contributed by atoms with van der Waals surface area (Å²) in [5, 5.41) is 0. The molecule has 4 aliphatic rings. The van der Waals surface area contributed by atoms with Gasteiger partial charge in [-0.25, -0.2) is 0 Å². The number of hydrogen-bond acceptors (Lipinski definition) is 5. The summed E-state index contributed by atoms with van der Waals surface area (Å²) in [6.07, 6.45) is 13.6. The minimum absolute atomic E-state index is 0.0590. The highest BCUT2D eigenvalue weighted by Gasteiger charge is 2.56. The molecule has 0 aromatic heterocycles. The van der Waals surface area contributed by atoms with E-state index in [2.05, 4.69) is 26.0 Å². The first kappa shape index (κ1) is 21.2. The summed E-state index contributed by atoms with van der Waals surface area (Å²) >= 11 is 0. The molecule has 162 valence electrons. The van der Waals surface area contributed by atoms with Crippen molar-refractivity contribution in [1.82, 2.24) is 0 Å². The number of ether oxygens (including phenoxy) is 1. The molecule has 5 unspecified atom stereocenters. The van der Waals surface area contributed by atoms with Crippen LogP contribution < -0.4 is 5.73 Å². The number of allylic oxidation sites excluding steroid dienone is 6. The van der Waals surface area contributed by atoms with E-state index in [4.69, 9.17) is 10.5 Å². The first-order valence-electron chi connectivity index (χ1n) is 11.3. The number of Topliss-reactive ketones (excluding diaryl/α,β-unsaturated/α-hetero) is 1. The van der Waals surface area contributed by atoms with Gasteiger partial charge in [-0.2, -0.15) is 0 Å². The van der Waals surface area contributed by atoms with Gasteiger partial charge >= 0.3 is 5.97 Å². The molecular formula is C25H33NO4. The molecule has 0 bridgehead atoms. The van der Waals surface area contributed by atoms with Gasteiger partial charge in [-0.05, 0) is 81.4 Å². The molecule has 4 rings (SSSR count). The third-order valence-electron chi connectivity index (χ3n) is 8.29. The fourth-order valence-electron chi connectivity index (χ4n) is 6.62. The highest BCUT2D eigenvalue weighted by Crippen LogP contribution is 2.63. The second-order valence-electron chi connectivity index (χ2n) is 9.88. The molecule has 0 aliphatic heterocycles. The number of carbonyl (C=O) groups excluding carboxylic acids is 3. The summed E-state index contributed by atoms with van der Waals surface area (Å²) in [5.41, 5.74) is 7.86. The van der Waals surface area contributed by atoms with E-state index in [0.717, 1.165) is 32.1 Å². The van der Waals surface area contributed by atoms with Crippen molar-refractivity contribution in [2.75, 3.05) is 13.2 Å². The Morgan fingerprint density at radius 2 is 2.03 bits per heavy atom. The smallest absolute Gasteiger partial charge is 0.306 e. The number of esters is 1. The highest BCUT2D eigenvalue weighted by atomic mass is 16.5. The number of rotatable bonds is 6. The fourth-order valence-corrected chi connectivity index (χ4v) is 6.62. The van der Waals surface area contributed by atoms with Gasteiger partial charge in [0.05, 0.1) is 0 Å². The summed E-state index contributed by atoms with van der Waals surface area (Å²) in [7, 11) is 0. The molecule has 30 heavy (non-hydrogen) atoms. The zero-order chi connectivity index (χ0) is 21.5. The van der Waals surface area contributed by atoms with Crippen molar-refractivity contribution >= 4 is 17.5 Å². The van der Waals surface area contributed by atoms with Crippen LogP contribution in [0.25, 0.3) is 0 Å². The molecule has 2 saturated carbocycles. The molecule has 2 N–H and O–H groups in total. The Balaban J connectivity index is 1.50. The van der Waals surface area contributed by atoms with Gasteiger partial charge in [0.15, 0.2) is 11.6 Å². The fraction of sp³-hybridized carbons (Fsp3) is 0.640. The Labute approximate surface area is 178 Å². The molecule has 0 saturated heterocycles. The standard InChI is InChI=1S/C25H33NO4/c1-24-11-9-17(27)14-16(24)5-6-18-19-7-8-21(25(19,2)12-10-20(18)24)22(28)15-30-23(29)4-3-13-26/h9-11,14,18-19,21H,3-8,12-13,15,26H2,1-2H3. The lowest BCUT2D eigenvalue weighted by Gasteiger charge is -2.52. The lowest BCUT2D eigenvalue weighted by Crippen LogP contribution is -2.45. The number of ketones is 2. The topological polar surface area (TPSA) is 86.5 Å². The largest absolute Gasteiger partial charge is 0.458 e. The zero-order valence-electron chi connectivity index (χ0n) is 18.1. The normalized spacial score (nSPS) is 36.9. The zero-order valence-corrected chi connectivity index (χ0v) is 18.1. The van der Waals surface area contributed by atoms with E-state index in [1.54, 1.807) is 6.08 Å². The van der Waals surface area contributed by atoms with E-state index < -0.39 is 0 Å². The Morgan fingerprint density at radius 1 is 1.23 bits per heavy atom. The van der Waals surface area contributed by atoms with Gasteiger partial charge < -0.3 is 10.5 Å². The first-order chi connectivity index (χ1) is 14.3. The van der Waals surface area contributed by atoms with E-state index >= 15 is 0 Å². The van der Waals surface area contributed by atoms with Gasteiger partial charge in [-0.15, -0.1) is 0 Å². The van der Waals surface area contributed by atoms with Gasteiger partial charge in [0.2, 0.25) is 0 Å². The summed E-state index contributed by atoms with van der Waals surface area (Å²) in [5.74, 6) is 0.671. The molecule has 5 heteroatoms. The predicted octanol–water partition coefficient (Wildman–Crippen LogP) is 3.68. The van der Waals surface area contributed by atoms with E-state index in [9.17, 15) is 14.4 Å².